The summed E-state index contributed by atoms with van der Waals surface area (Å²) in [6, 6.07) is 7.73. The lowest BCUT2D eigenvalue weighted by atomic mass is 9.97. The monoisotopic (exact) mass is 482 g/mol. The number of hydrogen-bond acceptors (Lipinski definition) is 7. The van der Waals surface area contributed by atoms with E-state index in [1.54, 1.807) is 4.90 Å². The molecule has 0 radical (unpaired) electrons. The Balaban J connectivity index is 1.55. The van der Waals surface area contributed by atoms with E-state index >= 15 is 0 Å². The van der Waals surface area contributed by atoms with E-state index in [0.717, 1.165) is 30.6 Å². The average Bonchev–Trinajstić information content (AvgIpc) is 3.27. The SMILES string of the molecule is CCNC(=O)C1CCCN(c2nc3ncn(CC(=O)N(CC)c4cccc(C)c4)c(=O)c3s2)C1. The molecule has 180 valence electrons. The first-order valence-electron chi connectivity index (χ1n) is 11.7. The van der Waals surface area contributed by atoms with Crippen LogP contribution in [0.15, 0.2) is 35.4 Å². The Bertz CT molecular complexity index is 1250. The number of nitrogens with zero attached hydrogens (tertiary/aromatic N) is 5. The maximum Gasteiger partial charge on any atom is 0.273 e. The van der Waals surface area contributed by atoms with Crippen LogP contribution in [0.4, 0.5) is 10.8 Å². The highest BCUT2D eigenvalue weighted by Crippen LogP contribution is 2.29. The minimum atomic E-state index is -0.278. The van der Waals surface area contributed by atoms with E-state index in [1.807, 2.05) is 45.0 Å². The predicted molar refractivity (Wildman–Crippen MR) is 135 cm³/mol. The van der Waals surface area contributed by atoms with E-state index in [-0.39, 0.29) is 29.8 Å². The zero-order valence-corrected chi connectivity index (χ0v) is 20.6. The summed E-state index contributed by atoms with van der Waals surface area (Å²) >= 11 is 1.27. The van der Waals surface area contributed by atoms with Gasteiger partial charge in [-0.2, -0.15) is 4.98 Å². The number of aryl methyl sites for hydroxylation is 1. The Morgan fingerprint density at radius 3 is 2.85 bits per heavy atom. The van der Waals surface area contributed by atoms with Crippen molar-refractivity contribution in [2.24, 2.45) is 5.92 Å². The molecule has 3 aromatic rings. The van der Waals surface area contributed by atoms with Crippen LogP contribution in [-0.4, -0.2) is 52.5 Å². The number of anilines is 2. The summed E-state index contributed by atoms with van der Waals surface area (Å²) in [4.78, 5) is 51.1. The first kappa shape index (κ1) is 23.9. The van der Waals surface area contributed by atoms with Crippen molar-refractivity contribution in [2.75, 3.05) is 36.0 Å². The molecule has 1 N–H and O–H groups in total. The van der Waals surface area contributed by atoms with Gasteiger partial charge in [0.25, 0.3) is 5.56 Å². The van der Waals surface area contributed by atoms with Crippen LogP contribution in [0.2, 0.25) is 0 Å². The zero-order valence-electron chi connectivity index (χ0n) is 19.8. The number of rotatable bonds is 7. The summed E-state index contributed by atoms with van der Waals surface area (Å²) in [5.41, 5.74) is 1.97. The second-order valence-electron chi connectivity index (χ2n) is 8.48. The van der Waals surface area contributed by atoms with Crippen LogP contribution in [-0.2, 0) is 16.1 Å². The van der Waals surface area contributed by atoms with Crippen LogP contribution in [0.3, 0.4) is 0 Å². The van der Waals surface area contributed by atoms with Crippen LogP contribution in [0.25, 0.3) is 10.3 Å². The van der Waals surface area contributed by atoms with Crippen molar-refractivity contribution in [3.05, 3.63) is 46.5 Å². The molecule has 1 unspecified atom stereocenters. The molecule has 4 rings (SSSR count). The number of aromatic nitrogens is 3. The maximum atomic E-state index is 13.2. The van der Waals surface area contributed by atoms with Crippen LogP contribution in [0.1, 0.15) is 32.3 Å². The van der Waals surface area contributed by atoms with Gasteiger partial charge in [-0.15, -0.1) is 0 Å². The summed E-state index contributed by atoms with van der Waals surface area (Å²) in [6.07, 6.45) is 3.12. The fourth-order valence-corrected chi connectivity index (χ4v) is 5.30. The summed E-state index contributed by atoms with van der Waals surface area (Å²) in [5, 5.41) is 3.58. The van der Waals surface area contributed by atoms with E-state index in [9.17, 15) is 14.4 Å². The molecule has 0 spiro atoms. The molecule has 1 aliphatic rings. The van der Waals surface area contributed by atoms with Gasteiger partial charge in [0, 0.05) is 31.9 Å². The van der Waals surface area contributed by atoms with Crippen LogP contribution < -0.4 is 20.7 Å². The Labute approximate surface area is 202 Å². The molecule has 1 aromatic carbocycles. The van der Waals surface area contributed by atoms with Gasteiger partial charge in [-0.1, -0.05) is 23.5 Å². The first-order valence-corrected chi connectivity index (χ1v) is 12.5. The second kappa shape index (κ2) is 10.3. The van der Waals surface area contributed by atoms with E-state index < -0.39 is 0 Å². The number of hydrogen-bond donors (Lipinski definition) is 1. The largest absolute Gasteiger partial charge is 0.356 e. The summed E-state index contributed by atoms with van der Waals surface area (Å²) in [6.45, 7) is 8.16. The van der Waals surface area contributed by atoms with Crippen molar-refractivity contribution in [3.63, 3.8) is 0 Å². The Morgan fingerprint density at radius 1 is 1.29 bits per heavy atom. The van der Waals surface area contributed by atoms with Crippen molar-refractivity contribution in [3.8, 4) is 0 Å². The van der Waals surface area contributed by atoms with Gasteiger partial charge in [-0.05, 0) is 51.3 Å². The van der Waals surface area contributed by atoms with Crippen LogP contribution in [0, 0.1) is 12.8 Å². The highest BCUT2D eigenvalue weighted by Gasteiger charge is 2.28. The van der Waals surface area contributed by atoms with Crippen molar-refractivity contribution in [1.82, 2.24) is 19.9 Å². The number of carbonyl (C=O) groups is 2. The maximum absolute atomic E-state index is 13.2. The summed E-state index contributed by atoms with van der Waals surface area (Å²) in [5.74, 6) is -0.215. The third-order valence-corrected chi connectivity index (χ3v) is 7.12. The van der Waals surface area contributed by atoms with Crippen molar-refractivity contribution in [2.45, 2.75) is 40.2 Å². The molecule has 1 saturated heterocycles. The molecule has 34 heavy (non-hydrogen) atoms. The third-order valence-electron chi connectivity index (χ3n) is 6.02. The first-order chi connectivity index (χ1) is 16.4. The molecule has 1 fully saturated rings. The van der Waals surface area contributed by atoms with Crippen molar-refractivity contribution in [1.29, 1.82) is 0 Å². The third kappa shape index (κ3) is 4.96. The number of carbonyl (C=O) groups excluding carboxylic acids is 2. The van der Waals surface area contributed by atoms with Gasteiger partial charge in [-0.3, -0.25) is 19.0 Å². The fraction of sp³-hybridized carbons (Fsp3) is 0.458. The van der Waals surface area contributed by atoms with E-state index in [1.165, 1.54) is 22.2 Å². The van der Waals surface area contributed by atoms with Crippen LogP contribution in [0.5, 0.6) is 0 Å². The smallest absolute Gasteiger partial charge is 0.273 e. The molecule has 0 bridgehead atoms. The minimum absolute atomic E-state index is 0.0568. The molecule has 1 atom stereocenters. The minimum Gasteiger partial charge on any atom is -0.356 e. The van der Waals surface area contributed by atoms with Gasteiger partial charge < -0.3 is 15.1 Å². The standard InChI is InChI=1S/C24H30N6O3S/c1-4-25-22(32)17-9-7-11-28(13-17)24-27-21-20(34-24)23(33)29(15-26-21)14-19(31)30(5-2)18-10-6-8-16(3)12-18/h6,8,10,12,15,17H,4-5,7,9,11,13-14H2,1-3H3,(H,25,32). The van der Waals surface area contributed by atoms with Gasteiger partial charge in [0.1, 0.15) is 17.6 Å². The quantitative estimate of drug-likeness (QED) is 0.556. The molecule has 9 nitrogen and oxygen atoms in total. The van der Waals surface area contributed by atoms with E-state index in [0.29, 0.717) is 35.1 Å². The van der Waals surface area contributed by atoms with E-state index in [4.69, 9.17) is 0 Å². The number of thiazole rings is 1. The molecule has 1 aliphatic heterocycles. The highest BCUT2D eigenvalue weighted by molar-refractivity contribution is 7.22. The molecule has 0 aliphatic carbocycles. The van der Waals surface area contributed by atoms with Gasteiger partial charge in [-0.25, -0.2) is 4.98 Å². The summed E-state index contributed by atoms with van der Waals surface area (Å²) < 4.78 is 1.77. The molecule has 10 heteroatoms. The van der Waals surface area contributed by atoms with Gasteiger partial charge >= 0.3 is 0 Å². The van der Waals surface area contributed by atoms with Crippen molar-refractivity contribution < 1.29 is 9.59 Å². The molecular weight excluding hydrogens is 452 g/mol. The topological polar surface area (TPSA) is 100 Å². The molecule has 3 heterocycles. The lowest BCUT2D eigenvalue weighted by Gasteiger charge is -2.31. The molecule has 2 aromatic heterocycles. The van der Waals surface area contributed by atoms with Gasteiger partial charge in [0.2, 0.25) is 11.8 Å². The molecule has 0 saturated carbocycles. The number of likely N-dealkylation sites (N-methyl/N-ethyl adjacent to an activating group) is 1. The van der Waals surface area contributed by atoms with E-state index in [2.05, 4.69) is 20.2 Å². The number of fused-ring (bicyclic) bond motifs is 1. The highest BCUT2D eigenvalue weighted by atomic mass is 32.1. The van der Waals surface area contributed by atoms with Crippen molar-refractivity contribution >= 4 is 44.3 Å². The number of nitrogens with one attached hydrogen (secondary N) is 1. The van der Waals surface area contributed by atoms with Gasteiger partial charge in [0.15, 0.2) is 10.8 Å². The number of piperidine rings is 1. The Morgan fingerprint density at radius 2 is 2.12 bits per heavy atom. The number of benzene rings is 1. The predicted octanol–water partition coefficient (Wildman–Crippen LogP) is 2.57. The Kier molecular flexibility index (Phi) is 7.26. The Hall–Kier alpha value is -3.27. The average molecular weight is 483 g/mol. The van der Waals surface area contributed by atoms with Gasteiger partial charge in [0.05, 0.1) is 5.92 Å². The lowest BCUT2D eigenvalue weighted by Crippen LogP contribution is -2.43. The zero-order chi connectivity index (χ0) is 24.2. The second-order valence-corrected chi connectivity index (χ2v) is 9.46. The molecular formula is C24H30N6O3S. The normalized spacial score (nSPS) is 16.0. The summed E-state index contributed by atoms with van der Waals surface area (Å²) in [7, 11) is 0. The number of amides is 2. The molecule has 2 amide bonds. The lowest BCUT2D eigenvalue weighted by molar-refractivity contribution is -0.125. The van der Waals surface area contributed by atoms with Crippen LogP contribution >= 0.6 is 11.3 Å². The fourth-order valence-electron chi connectivity index (χ4n) is 4.30.